The molecule has 0 radical (unpaired) electrons. The summed E-state index contributed by atoms with van der Waals surface area (Å²) in [5.74, 6) is 0.530. The van der Waals surface area contributed by atoms with Gasteiger partial charge in [-0.1, -0.05) is 11.6 Å². The Morgan fingerprint density at radius 3 is 2.75 bits per heavy atom. The smallest absolute Gasteiger partial charge is 0.238 e. The largest absolute Gasteiger partial charge is 0.479 e. The van der Waals surface area contributed by atoms with Crippen LogP contribution in [0.15, 0.2) is 6.07 Å². The first-order chi connectivity index (χ1) is 5.69. The third-order valence-electron chi connectivity index (χ3n) is 1.51. The number of nitrogens with zero attached hydrogens (tertiary/aromatic N) is 1. The van der Waals surface area contributed by atoms with E-state index in [9.17, 15) is 0 Å². The summed E-state index contributed by atoms with van der Waals surface area (Å²) < 4.78 is 5.04. The summed E-state index contributed by atoms with van der Waals surface area (Å²) in [5.41, 5.74) is 1.57. The highest BCUT2D eigenvalue weighted by Gasteiger charge is 2.07. The number of hydrogen-bond donors (Lipinski definition) is 1. The number of anilines is 1. The first-order valence-corrected chi connectivity index (χ1v) is 3.95. The van der Waals surface area contributed by atoms with Crippen LogP contribution in [-0.4, -0.2) is 19.1 Å². The Hall–Kier alpha value is -0.960. The van der Waals surface area contributed by atoms with Gasteiger partial charge in [-0.05, 0) is 13.0 Å². The zero-order valence-electron chi connectivity index (χ0n) is 7.31. The number of pyridine rings is 1. The second-order valence-electron chi connectivity index (χ2n) is 2.38. The van der Waals surface area contributed by atoms with Gasteiger partial charge in [0, 0.05) is 12.7 Å². The molecule has 12 heavy (non-hydrogen) atoms. The molecular weight excluding hydrogens is 176 g/mol. The molecule has 0 aliphatic carbocycles. The maximum atomic E-state index is 5.93. The molecule has 3 nitrogen and oxygen atoms in total. The van der Waals surface area contributed by atoms with Gasteiger partial charge >= 0.3 is 0 Å². The lowest BCUT2D eigenvalue weighted by molar-refractivity contribution is 0.399. The van der Waals surface area contributed by atoms with Gasteiger partial charge in [0.05, 0.1) is 12.1 Å². The van der Waals surface area contributed by atoms with Crippen LogP contribution in [0.1, 0.15) is 5.69 Å². The van der Waals surface area contributed by atoms with Crippen molar-refractivity contribution in [3.63, 3.8) is 0 Å². The Labute approximate surface area is 76.7 Å². The molecule has 0 spiro atoms. The number of nitrogens with one attached hydrogen (secondary N) is 1. The van der Waals surface area contributed by atoms with Crippen molar-refractivity contribution in [2.24, 2.45) is 0 Å². The van der Waals surface area contributed by atoms with Crippen LogP contribution in [0.5, 0.6) is 5.88 Å². The summed E-state index contributed by atoms with van der Waals surface area (Å²) in [4.78, 5) is 4.15. The van der Waals surface area contributed by atoms with E-state index in [0.717, 1.165) is 11.4 Å². The molecule has 1 aromatic rings. The first-order valence-electron chi connectivity index (χ1n) is 3.58. The van der Waals surface area contributed by atoms with Gasteiger partial charge in [-0.2, -0.15) is 0 Å². The Morgan fingerprint density at radius 2 is 2.25 bits per heavy atom. The summed E-state index contributed by atoms with van der Waals surface area (Å²) in [6.45, 7) is 1.87. The number of rotatable bonds is 2. The average Bonchev–Trinajstić information content (AvgIpc) is 2.03. The van der Waals surface area contributed by atoms with E-state index in [1.54, 1.807) is 20.2 Å². The van der Waals surface area contributed by atoms with Crippen LogP contribution < -0.4 is 10.1 Å². The van der Waals surface area contributed by atoms with E-state index in [-0.39, 0.29) is 0 Å². The highest BCUT2D eigenvalue weighted by atomic mass is 35.5. The molecule has 0 aromatic carbocycles. The zero-order chi connectivity index (χ0) is 9.14. The van der Waals surface area contributed by atoms with Crippen LogP contribution in [0.3, 0.4) is 0 Å². The Bertz CT molecular complexity index is 289. The minimum absolute atomic E-state index is 0.530. The molecule has 0 bridgehead atoms. The topological polar surface area (TPSA) is 34.2 Å². The molecule has 4 heteroatoms. The van der Waals surface area contributed by atoms with Gasteiger partial charge < -0.3 is 10.1 Å². The predicted molar refractivity (Wildman–Crippen MR) is 50.1 cm³/mol. The molecule has 1 rings (SSSR count). The molecule has 0 aliphatic heterocycles. The normalized spacial score (nSPS) is 9.67. The summed E-state index contributed by atoms with van der Waals surface area (Å²) in [7, 11) is 3.35. The fourth-order valence-corrected chi connectivity index (χ4v) is 1.31. The fraction of sp³-hybridized carbons (Fsp3) is 0.375. The maximum Gasteiger partial charge on any atom is 0.238 e. The van der Waals surface area contributed by atoms with Gasteiger partial charge in [-0.3, -0.25) is 0 Å². The monoisotopic (exact) mass is 186 g/mol. The molecular formula is C8H11ClN2O. The minimum atomic E-state index is 0.530. The minimum Gasteiger partial charge on any atom is -0.479 e. The van der Waals surface area contributed by atoms with Gasteiger partial charge in [0.1, 0.15) is 5.69 Å². The third-order valence-corrected chi connectivity index (χ3v) is 1.81. The van der Waals surface area contributed by atoms with Crippen molar-refractivity contribution in [2.45, 2.75) is 6.92 Å². The number of aromatic nitrogens is 1. The summed E-state index contributed by atoms with van der Waals surface area (Å²) >= 11 is 5.93. The molecule has 1 aromatic heterocycles. The van der Waals surface area contributed by atoms with E-state index >= 15 is 0 Å². The highest BCUT2D eigenvalue weighted by molar-refractivity contribution is 6.33. The standard InChI is InChI=1S/C8H11ClN2O/c1-5-4-6(9)7(10-2)8(11-5)12-3/h4,10H,1-3H3. The zero-order valence-corrected chi connectivity index (χ0v) is 8.07. The van der Waals surface area contributed by atoms with Crippen molar-refractivity contribution in [2.75, 3.05) is 19.5 Å². The summed E-state index contributed by atoms with van der Waals surface area (Å²) in [6, 6.07) is 1.79. The highest BCUT2D eigenvalue weighted by Crippen LogP contribution is 2.30. The summed E-state index contributed by atoms with van der Waals surface area (Å²) in [6.07, 6.45) is 0. The van der Waals surface area contributed by atoms with Gasteiger partial charge in [-0.25, -0.2) is 4.98 Å². The van der Waals surface area contributed by atoms with Crippen molar-refractivity contribution in [1.82, 2.24) is 4.98 Å². The van der Waals surface area contributed by atoms with Crippen molar-refractivity contribution in [1.29, 1.82) is 0 Å². The van der Waals surface area contributed by atoms with Crippen LogP contribution in [0.25, 0.3) is 0 Å². The molecule has 1 heterocycles. The lowest BCUT2D eigenvalue weighted by Gasteiger charge is -2.08. The number of aryl methyl sites for hydroxylation is 1. The molecule has 0 atom stereocenters. The molecule has 0 saturated carbocycles. The second kappa shape index (κ2) is 3.63. The first kappa shape index (κ1) is 9.13. The maximum absolute atomic E-state index is 5.93. The van der Waals surface area contributed by atoms with Crippen LogP contribution in [0.2, 0.25) is 5.02 Å². The second-order valence-corrected chi connectivity index (χ2v) is 2.79. The van der Waals surface area contributed by atoms with Gasteiger partial charge in [-0.15, -0.1) is 0 Å². The third kappa shape index (κ3) is 1.61. The SMILES string of the molecule is CNc1c(Cl)cc(C)nc1OC. The predicted octanol–water partition coefficient (Wildman–Crippen LogP) is 2.09. The number of ether oxygens (including phenoxy) is 1. The molecule has 1 N–H and O–H groups in total. The van der Waals surface area contributed by atoms with E-state index in [1.807, 2.05) is 6.92 Å². The van der Waals surface area contributed by atoms with E-state index in [0.29, 0.717) is 10.9 Å². The lowest BCUT2D eigenvalue weighted by atomic mass is 10.3. The molecule has 0 unspecified atom stereocenters. The molecule has 0 amide bonds. The van der Waals surface area contributed by atoms with Gasteiger partial charge in [0.25, 0.3) is 0 Å². The van der Waals surface area contributed by atoms with E-state index < -0.39 is 0 Å². The van der Waals surface area contributed by atoms with Gasteiger partial charge in [0.15, 0.2) is 0 Å². The van der Waals surface area contributed by atoms with E-state index in [1.165, 1.54) is 0 Å². The van der Waals surface area contributed by atoms with Crippen molar-refractivity contribution >= 4 is 17.3 Å². The quantitative estimate of drug-likeness (QED) is 0.768. The van der Waals surface area contributed by atoms with E-state index in [4.69, 9.17) is 16.3 Å². The van der Waals surface area contributed by atoms with Crippen molar-refractivity contribution < 1.29 is 4.74 Å². The molecule has 0 fully saturated rings. The number of hydrogen-bond acceptors (Lipinski definition) is 3. The Balaban J connectivity index is 3.24. The van der Waals surface area contributed by atoms with E-state index in [2.05, 4.69) is 10.3 Å². The fourth-order valence-electron chi connectivity index (χ4n) is 0.980. The van der Waals surface area contributed by atoms with Crippen molar-refractivity contribution in [3.8, 4) is 5.88 Å². The average molecular weight is 187 g/mol. The summed E-state index contributed by atoms with van der Waals surface area (Å²) in [5, 5.41) is 3.55. The molecule has 0 aliphatic rings. The van der Waals surface area contributed by atoms with Gasteiger partial charge in [0.2, 0.25) is 5.88 Å². The Morgan fingerprint density at radius 1 is 1.58 bits per heavy atom. The number of halogens is 1. The Kier molecular flexibility index (Phi) is 2.76. The lowest BCUT2D eigenvalue weighted by Crippen LogP contribution is -1.98. The van der Waals surface area contributed by atoms with Crippen LogP contribution >= 0.6 is 11.6 Å². The number of methoxy groups -OCH3 is 1. The van der Waals surface area contributed by atoms with Crippen molar-refractivity contribution in [3.05, 3.63) is 16.8 Å². The molecule has 66 valence electrons. The van der Waals surface area contributed by atoms with Crippen LogP contribution in [0, 0.1) is 6.92 Å². The molecule has 0 saturated heterocycles. The van der Waals surface area contributed by atoms with Crippen LogP contribution in [-0.2, 0) is 0 Å². The van der Waals surface area contributed by atoms with Crippen LogP contribution in [0.4, 0.5) is 5.69 Å².